The summed E-state index contributed by atoms with van der Waals surface area (Å²) in [5.41, 5.74) is 1.73. The second kappa shape index (κ2) is 6.30. The predicted octanol–water partition coefficient (Wildman–Crippen LogP) is 3.81. The Kier molecular flexibility index (Phi) is 4.19. The van der Waals surface area contributed by atoms with E-state index in [1.54, 1.807) is 13.3 Å². The highest BCUT2D eigenvalue weighted by Crippen LogP contribution is 2.11. The number of rotatable bonds is 4. The molecule has 4 nitrogen and oxygen atoms in total. The van der Waals surface area contributed by atoms with Crippen LogP contribution >= 0.6 is 0 Å². The van der Waals surface area contributed by atoms with Gasteiger partial charge in [-0.2, -0.15) is 0 Å². The Labute approximate surface area is 106 Å². The molecule has 0 N–H and O–H groups in total. The molecule has 0 aromatic heterocycles. The zero-order valence-corrected chi connectivity index (χ0v) is 10.0. The van der Waals surface area contributed by atoms with Crippen LogP contribution in [0.3, 0.4) is 0 Å². The molecule has 0 fully saturated rings. The molecule has 90 valence electrons. The van der Waals surface area contributed by atoms with Gasteiger partial charge in [0.15, 0.2) is 0 Å². The van der Waals surface area contributed by atoms with E-state index in [2.05, 4.69) is 15.4 Å². The quantitative estimate of drug-likeness (QED) is 0.454. The van der Waals surface area contributed by atoms with Crippen molar-refractivity contribution in [2.75, 3.05) is 7.11 Å². The lowest BCUT2D eigenvalue weighted by Crippen LogP contribution is -1.83. The first-order chi connectivity index (χ1) is 8.88. The molecule has 0 amide bonds. The minimum Gasteiger partial charge on any atom is -0.497 e. The first kappa shape index (κ1) is 12.0. The maximum atomic E-state index is 5.07. The number of hydrogen-bond donors (Lipinski definition) is 0. The highest BCUT2D eigenvalue weighted by molar-refractivity contribution is 5.79. The topological polar surface area (TPSA) is 46.3 Å². The van der Waals surface area contributed by atoms with Crippen molar-refractivity contribution >= 4 is 11.9 Å². The highest BCUT2D eigenvalue weighted by atomic mass is 16.5. The fraction of sp³-hybridized carbons (Fsp3) is 0.0714. The molecule has 0 radical (unpaired) electrons. The van der Waals surface area contributed by atoms with Crippen LogP contribution in [0.1, 0.15) is 5.56 Å². The fourth-order valence-electron chi connectivity index (χ4n) is 1.35. The van der Waals surface area contributed by atoms with Crippen LogP contribution in [-0.2, 0) is 0 Å². The summed E-state index contributed by atoms with van der Waals surface area (Å²) in [4.78, 5) is 0. The summed E-state index contributed by atoms with van der Waals surface area (Å²) in [7, 11) is 1.64. The van der Waals surface area contributed by atoms with Crippen molar-refractivity contribution < 1.29 is 4.74 Å². The molecule has 0 saturated heterocycles. The summed E-state index contributed by atoms with van der Waals surface area (Å²) in [6.45, 7) is 0. The third kappa shape index (κ3) is 3.52. The maximum Gasteiger partial charge on any atom is 0.118 e. The smallest absolute Gasteiger partial charge is 0.118 e. The number of methoxy groups -OCH3 is 1. The Bertz CT molecular complexity index is 533. The van der Waals surface area contributed by atoms with Crippen molar-refractivity contribution in [1.82, 2.24) is 0 Å². The molecule has 0 atom stereocenters. The van der Waals surface area contributed by atoms with Crippen molar-refractivity contribution in [1.29, 1.82) is 0 Å². The van der Waals surface area contributed by atoms with Gasteiger partial charge in [0, 0.05) is 0 Å². The van der Waals surface area contributed by atoms with E-state index >= 15 is 0 Å². The molecule has 0 bridgehead atoms. The highest BCUT2D eigenvalue weighted by Gasteiger charge is 1.90. The van der Waals surface area contributed by atoms with Crippen molar-refractivity contribution in [3.8, 4) is 5.75 Å². The van der Waals surface area contributed by atoms with E-state index in [0.29, 0.717) is 0 Å². The third-order valence-electron chi connectivity index (χ3n) is 2.29. The summed E-state index contributed by atoms with van der Waals surface area (Å²) < 4.78 is 5.07. The lowest BCUT2D eigenvalue weighted by Gasteiger charge is -1.97. The van der Waals surface area contributed by atoms with Gasteiger partial charge in [0.05, 0.1) is 19.0 Å². The molecular weight excluding hydrogens is 226 g/mol. The molecule has 0 heterocycles. The lowest BCUT2D eigenvalue weighted by molar-refractivity contribution is 0.415. The van der Waals surface area contributed by atoms with Gasteiger partial charge in [-0.3, -0.25) is 0 Å². The summed E-state index contributed by atoms with van der Waals surface area (Å²) in [5, 5.41) is 11.6. The maximum absolute atomic E-state index is 5.07. The van der Waals surface area contributed by atoms with E-state index in [1.165, 1.54) is 0 Å². The average Bonchev–Trinajstić information content (AvgIpc) is 2.45. The Morgan fingerprint density at radius 3 is 2.33 bits per heavy atom. The van der Waals surface area contributed by atoms with Crippen molar-refractivity contribution in [2.24, 2.45) is 15.4 Å². The predicted molar refractivity (Wildman–Crippen MR) is 71.5 cm³/mol. The summed E-state index contributed by atoms with van der Waals surface area (Å²) in [5.74, 6) is 0.818. The molecule has 2 rings (SSSR count). The molecule has 0 aliphatic heterocycles. The van der Waals surface area contributed by atoms with Gasteiger partial charge in [-0.1, -0.05) is 18.2 Å². The van der Waals surface area contributed by atoms with Gasteiger partial charge in [-0.15, -0.1) is 10.2 Å². The number of nitrogens with zero attached hydrogens (tertiary/aromatic N) is 3. The summed E-state index contributed by atoms with van der Waals surface area (Å²) in [6.07, 6.45) is 1.64. The van der Waals surface area contributed by atoms with Crippen LogP contribution in [0.15, 0.2) is 70.0 Å². The standard InChI is InChI=1S/C14H13N3O/c1-18-14-9-7-12(8-10-14)11-15-17-16-13-5-3-2-4-6-13/h2-11H,1H3. The van der Waals surface area contributed by atoms with Gasteiger partial charge in [-0.05, 0) is 47.2 Å². The van der Waals surface area contributed by atoms with Crippen LogP contribution in [0.5, 0.6) is 5.75 Å². The number of hydrogen-bond acceptors (Lipinski definition) is 3. The zero-order valence-electron chi connectivity index (χ0n) is 10.0. The van der Waals surface area contributed by atoms with Crippen LogP contribution < -0.4 is 4.74 Å². The lowest BCUT2D eigenvalue weighted by atomic mass is 10.2. The first-order valence-electron chi connectivity index (χ1n) is 5.51. The monoisotopic (exact) mass is 239 g/mol. The minimum atomic E-state index is 0.782. The second-order valence-electron chi connectivity index (χ2n) is 3.54. The van der Waals surface area contributed by atoms with Gasteiger partial charge >= 0.3 is 0 Å². The normalized spacial score (nSPS) is 11.2. The Morgan fingerprint density at radius 2 is 1.67 bits per heavy atom. The number of benzene rings is 2. The average molecular weight is 239 g/mol. The van der Waals surface area contributed by atoms with Crippen LogP contribution in [0.2, 0.25) is 0 Å². The Balaban J connectivity index is 1.96. The van der Waals surface area contributed by atoms with Gasteiger partial charge in [0.1, 0.15) is 5.75 Å². The van der Waals surface area contributed by atoms with E-state index in [1.807, 2.05) is 54.6 Å². The molecule has 2 aromatic carbocycles. The second-order valence-corrected chi connectivity index (χ2v) is 3.54. The van der Waals surface area contributed by atoms with Crippen LogP contribution in [0.25, 0.3) is 0 Å². The molecule has 0 aliphatic rings. The Morgan fingerprint density at radius 1 is 0.944 bits per heavy atom. The van der Waals surface area contributed by atoms with Crippen LogP contribution in [0.4, 0.5) is 5.69 Å². The third-order valence-corrected chi connectivity index (χ3v) is 2.29. The summed E-state index contributed by atoms with van der Waals surface area (Å²) >= 11 is 0. The van der Waals surface area contributed by atoms with E-state index in [9.17, 15) is 0 Å². The van der Waals surface area contributed by atoms with Crippen LogP contribution in [0, 0.1) is 0 Å². The molecule has 4 heteroatoms. The van der Waals surface area contributed by atoms with Gasteiger partial charge in [0.25, 0.3) is 0 Å². The van der Waals surface area contributed by atoms with Crippen molar-refractivity contribution in [2.45, 2.75) is 0 Å². The molecule has 0 unspecified atom stereocenters. The van der Waals surface area contributed by atoms with E-state index < -0.39 is 0 Å². The molecule has 18 heavy (non-hydrogen) atoms. The molecule has 2 aromatic rings. The van der Waals surface area contributed by atoms with E-state index in [0.717, 1.165) is 17.0 Å². The van der Waals surface area contributed by atoms with Gasteiger partial charge in [-0.25, -0.2) is 0 Å². The van der Waals surface area contributed by atoms with Crippen molar-refractivity contribution in [3.63, 3.8) is 0 Å². The van der Waals surface area contributed by atoms with E-state index in [4.69, 9.17) is 4.74 Å². The fourth-order valence-corrected chi connectivity index (χ4v) is 1.35. The van der Waals surface area contributed by atoms with Gasteiger partial charge < -0.3 is 4.74 Å². The first-order valence-corrected chi connectivity index (χ1v) is 5.51. The largest absolute Gasteiger partial charge is 0.497 e. The summed E-state index contributed by atoms with van der Waals surface area (Å²) in [6, 6.07) is 17.0. The zero-order chi connectivity index (χ0) is 12.6. The minimum absolute atomic E-state index is 0.782. The molecule has 0 spiro atoms. The SMILES string of the molecule is COc1ccc(C=NN=Nc2ccccc2)cc1. The van der Waals surface area contributed by atoms with E-state index in [-0.39, 0.29) is 0 Å². The number of ether oxygens (including phenoxy) is 1. The Hall–Kier alpha value is -2.49. The molecule has 0 saturated carbocycles. The van der Waals surface area contributed by atoms with Gasteiger partial charge in [0.2, 0.25) is 0 Å². The van der Waals surface area contributed by atoms with Crippen molar-refractivity contribution in [3.05, 3.63) is 60.2 Å². The molecule has 0 aliphatic carbocycles. The van der Waals surface area contributed by atoms with Crippen LogP contribution in [-0.4, -0.2) is 13.3 Å². The molecular formula is C14H13N3O.